The van der Waals surface area contributed by atoms with Crippen molar-refractivity contribution in [2.24, 2.45) is 0 Å². The van der Waals surface area contributed by atoms with Gasteiger partial charge in [-0.25, -0.2) is 9.97 Å². The number of carbonyl (C=O) groups is 1. The van der Waals surface area contributed by atoms with Crippen LogP contribution in [0.3, 0.4) is 0 Å². The fourth-order valence-corrected chi connectivity index (χ4v) is 1.86. The second-order valence-corrected chi connectivity index (χ2v) is 4.55. The largest absolute Gasteiger partial charge is 0.395 e. The molecule has 0 radical (unpaired) electrons. The first kappa shape index (κ1) is 14.4. The van der Waals surface area contributed by atoms with E-state index in [2.05, 4.69) is 9.97 Å². The highest BCUT2D eigenvalue weighted by atomic mass is 35.5. The van der Waals surface area contributed by atoms with Gasteiger partial charge in [0.1, 0.15) is 10.8 Å². The second kappa shape index (κ2) is 6.98. The summed E-state index contributed by atoms with van der Waals surface area (Å²) in [6.07, 6.45) is 2.66. The normalized spacial score (nSPS) is 10.3. The Morgan fingerprint density at radius 3 is 2.55 bits per heavy atom. The third-order valence-corrected chi connectivity index (χ3v) is 2.91. The lowest BCUT2D eigenvalue weighted by Crippen LogP contribution is -2.33. The number of hydrogen-bond acceptors (Lipinski definition) is 4. The highest BCUT2D eigenvalue weighted by molar-refractivity contribution is 6.29. The van der Waals surface area contributed by atoms with Gasteiger partial charge in [-0.2, -0.15) is 0 Å². The lowest BCUT2D eigenvalue weighted by molar-refractivity contribution is 0.0701. The van der Waals surface area contributed by atoms with E-state index in [0.717, 1.165) is 5.56 Å². The van der Waals surface area contributed by atoms with Gasteiger partial charge >= 0.3 is 0 Å². The minimum Gasteiger partial charge on any atom is -0.395 e. The molecule has 0 saturated carbocycles. The molecule has 2 aromatic rings. The summed E-state index contributed by atoms with van der Waals surface area (Å²) in [5, 5.41) is 9.34. The van der Waals surface area contributed by atoms with E-state index in [1.54, 1.807) is 0 Å². The molecule has 1 amide bonds. The SMILES string of the molecule is O=C(c1cnc(Cl)cn1)N(CCO)Cc1ccccc1. The molecule has 1 aromatic carbocycles. The third-order valence-electron chi connectivity index (χ3n) is 2.71. The van der Waals surface area contributed by atoms with Crippen LogP contribution in [0, 0.1) is 0 Å². The van der Waals surface area contributed by atoms with Crippen LogP contribution in [0.2, 0.25) is 5.15 Å². The van der Waals surface area contributed by atoms with E-state index >= 15 is 0 Å². The number of halogens is 1. The summed E-state index contributed by atoms with van der Waals surface area (Å²) < 4.78 is 0. The molecule has 1 N–H and O–H groups in total. The van der Waals surface area contributed by atoms with E-state index in [0.29, 0.717) is 6.54 Å². The maximum Gasteiger partial charge on any atom is 0.274 e. The molecule has 104 valence electrons. The minimum atomic E-state index is -0.285. The van der Waals surface area contributed by atoms with Crippen LogP contribution in [0.15, 0.2) is 42.7 Å². The maximum absolute atomic E-state index is 12.3. The zero-order valence-electron chi connectivity index (χ0n) is 10.7. The zero-order chi connectivity index (χ0) is 14.4. The summed E-state index contributed by atoms with van der Waals surface area (Å²) in [4.78, 5) is 21.6. The quantitative estimate of drug-likeness (QED) is 0.912. The van der Waals surface area contributed by atoms with Gasteiger partial charge in [0.15, 0.2) is 0 Å². The molecule has 0 atom stereocenters. The molecule has 0 bridgehead atoms. The smallest absolute Gasteiger partial charge is 0.274 e. The number of rotatable bonds is 5. The van der Waals surface area contributed by atoms with Crippen molar-refractivity contribution in [3.05, 3.63) is 59.1 Å². The Morgan fingerprint density at radius 1 is 1.20 bits per heavy atom. The summed E-state index contributed by atoms with van der Waals surface area (Å²) in [6, 6.07) is 9.56. The number of hydrogen-bond donors (Lipinski definition) is 1. The van der Waals surface area contributed by atoms with Crippen LogP contribution in [0.5, 0.6) is 0 Å². The third kappa shape index (κ3) is 3.76. The van der Waals surface area contributed by atoms with Crippen molar-refractivity contribution < 1.29 is 9.90 Å². The van der Waals surface area contributed by atoms with Crippen LogP contribution in [0.4, 0.5) is 0 Å². The predicted octanol–water partition coefficient (Wildman–Crippen LogP) is 1.76. The second-order valence-electron chi connectivity index (χ2n) is 4.16. The van der Waals surface area contributed by atoms with E-state index in [9.17, 15) is 4.79 Å². The van der Waals surface area contributed by atoms with Crippen molar-refractivity contribution in [1.29, 1.82) is 0 Å². The molecule has 0 aliphatic rings. The molecular formula is C14H14ClN3O2. The summed E-state index contributed by atoms with van der Waals surface area (Å²) in [5.41, 5.74) is 1.19. The van der Waals surface area contributed by atoms with Gasteiger partial charge in [0.05, 0.1) is 19.0 Å². The summed E-state index contributed by atoms with van der Waals surface area (Å²) in [7, 11) is 0. The van der Waals surface area contributed by atoms with Crippen molar-refractivity contribution in [1.82, 2.24) is 14.9 Å². The van der Waals surface area contributed by atoms with Crippen LogP contribution in [-0.2, 0) is 6.54 Å². The molecule has 0 unspecified atom stereocenters. The van der Waals surface area contributed by atoms with Gasteiger partial charge in [-0.05, 0) is 5.56 Å². The van der Waals surface area contributed by atoms with Crippen molar-refractivity contribution >= 4 is 17.5 Å². The van der Waals surface area contributed by atoms with E-state index in [1.165, 1.54) is 17.3 Å². The Hall–Kier alpha value is -1.98. The molecule has 0 spiro atoms. The molecule has 0 aliphatic carbocycles. The zero-order valence-corrected chi connectivity index (χ0v) is 11.5. The average Bonchev–Trinajstić information content (AvgIpc) is 2.48. The molecule has 0 aliphatic heterocycles. The average molecular weight is 292 g/mol. The van der Waals surface area contributed by atoms with Gasteiger partial charge < -0.3 is 10.0 Å². The maximum atomic E-state index is 12.3. The van der Waals surface area contributed by atoms with Crippen LogP contribution < -0.4 is 0 Å². The van der Waals surface area contributed by atoms with Gasteiger partial charge in [-0.1, -0.05) is 41.9 Å². The Labute approximate surface area is 121 Å². The number of benzene rings is 1. The predicted molar refractivity (Wildman–Crippen MR) is 75.3 cm³/mol. The molecule has 20 heavy (non-hydrogen) atoms. The van der Waals surface area contributed by atoms with Crippen molar-refractivity contribution in [3.8, 4) is 0 Å². The van der Waals surface area contributed by atoms with Gasteiger partial charge in [0, 0.05) is 13.1 Å². The van der Waals surface area contributed by atoms with Crippen LogP contribution in [0.1, 0.15) is 16.1 Å². The first-order valence-electron chi connectivity index (χ1n) is 6.12. The van der Waals surface area contributed by atoms with E-state index in [-0.39, 0.29) is 29.9 Å². The van der Waals surface area contributed by atoms with Gasteiger partial charge in [0.2, 0.25) is 0 Å². The summed E-state index contributed by atoms with van der Waals surface area (Å²) in [5.74, 6) is -0.285. The minimum absolute atomic E-state index is 0.112. The first-order chi connectivity index (χ1) is 9.70. The van der Waals surface area contributed by atoms with E-state index in [4.69, 9.17) is 16.7 Å². The monoisotopic (exact) mass is 291 g/mol. The van der Waals surface area contributed by atoms with Crippen molar-refractivity contribution in [2.45, 2.75) is 6.54 Å². The number of carbonyl (C=O) groups excluding carboxylic acids is 1. The number of amides is 1. The molecule has 1 heterocycles. The van der Waals surface area contributed by atoms with E-state index in [1.807, 2.05) is 30.3 Å². The van der Waals surface area contributed by atoms with Gasteiger partial charge in [-0.3, -0.25) is 4.79 Å². The Kier molecular flexibility index (Phi) is 5.03. The molecular weight excluding hydrogens is 278 g/mol. The standard InChI is InChI=1S/C14H14ClN3O2/c15-13-9-16-12(8-17-13)14(20)18(6-7-19)10-11-4-2-1-3-5-11/h1-5,8-9,19H,6-7,10H2. The Morgan fingerprint density at radius 2 is 1.95 bits per heavy atom. The fraction of sp³-hybridized carbons (Fsp3) is 0.214. The number of aliphatic hydroxyl groups excluding tert-OH is 1. The van der Waals surface area contributed by atoms with Crippen LogP contribution >= 0.6 is 11.6 Å². The number of aliphatic hydroxyl groups is 1. The highest BCUT2D eigenvalue weighted by Gasteiger charge is 2.17. The van der Waals surface area contributed by atoms with Gasteiger partial charge in [0.25, 0.3) is 5.91 Å². The molecule has 1 aromatic heterocycles. The first-order valence-corrected chi connectivity index (χ1v) is 6.50. The Bertz CT molecular complexity index is 560. The summed E-state index contributed by atoms with van der Waals surface area (Å²) in [6.45, 7) is 0.530. The number of aromatic nitrogens is 2. The molecule has 2 rings (SSSR count). The molecule has 0 saturated heterocycles. The van der Waals surface area contributed by atoms with E-state index < -0.39 is 0 Å². The highest BCUT2D eigenvalue weighted by Crippen LogP contribution is 2.09. The van der Waals surface area contributed by atoms with Gasteiger partial charge in [-0.15, -0.1) is 0 Å². The lowest BCUT2D eigenvalue weighted by Gasteiger charge is -2.21. The Balaban J connectivity index is 2.15. The number of nitrogens with zero attached hydrogens (tertiary/aromatic N) is 3. The fourth-order valence-electron chi connectivity index (χ4n) is 1.76. The molecule has 6 heteroatoms. The lowest BCUT2D eigenvalue weighted by atomic mass is 10.2. The van der Waals surface area contributed by atoms with Crippen LogP contribution in [0.25, 0.3) is 0 Å². The molecule has 5 nitrogen and oxygen atoms in total. The topological polar surface area (TPSA) is 66.3 Å². The van der Waals surface area contributed by atoms with Crippen molar-refractivity contribution in [3.63, 3.8) is 0 Å². The van der Waals surface area contributed by atoms with Crippen molar-refractivity contribution in [2.75, 3.05) is 13.2 Å². The van der Waals surface area contributed by atoms with Crippen LogP contribution in [-0.4, -0.2) is 39.0 Å². The molecule has 0 fully saturated rings. The summed E-state index contributed by atoms with van der Waals surface area (Å²) >= 11 is 5.65.